The van der Waals surface area contributed by atoms with Crippen molar-refractivity contribution in [3.05, 3.63) is 29.8 Å². The highest BCUT2D eigenvalue weighted by Crippen LogP contribution is 2.15. The summed E-state index contributed by atoms with van der Waals surface area (Å²) in [6, 6.07) is 8.15. The fourth-order valence-corrected chi connectivity index (χ4v) is 2.18. The number of guanidine groups is 1. The van der Waals surface area contributed by atoms with Gasteiger partial charge in [0, 0.05) is 32.7 Å². The minimum absolute atomic E-state index is 0.177. The molecule has 23 heavy (non-hydrogen) atoms. The molecule has 1 heterocycles. The lowest BCUT2D eigenvalue weighted by Gasteiger charge is -2.34. The van der Waals surface area contributed by atoms with Crippen LogP contribution in [-0.4, -0.2) is 66.6 Å². The number of hydrogen-bond donors (Lipinski definition) is 4. The summed E-state index contributed by atoms with van der Waals surface area (Å²) in [5, 5.41) is 7.40. The Labute approximate surface area is 135 Å². The van der Waals surface area contributed by atoms with Crippen LogP contribution < -0.4 is 10.5 Å². The van der Waals surface area contributed by atoms with Crippen LogP contribution in [0, 0.1) is 5.41 Å². The van der Waals surface area contributed by atoms with Gasteiger partial charge in [-0.2, -0.15) is 8.42 Å². The van der Waals surface area contributed by atoms with Crippen LogP contribution in [0.4, 0.5) is 0 Å². The summed E-state index contributed by atoms with van der Waals surface area (Å²) in [5.74, 6) is 1.07. The molecule has 1 fully saturated rings. The molecule has 0 spiro atoms. The van der Waals surface area contributed by atoms with Crippen LogP contribution in [0.1, 0.15) is 5.56 Å². The number of nitrogens with zero attached hydrogens (tertiary/aromatic N) is 2. The predicted molar refractivity (Wildman–Crippen MR) is 85.9 cm³/mol. The van der Waals surface area contributed by atoms with Gasteiger partial charge in [-0.25, -0.2) is 0 Å². The molecule has 130 valence electrons. The van der Waals surface area contributed by atoms with Gasteiger partial charge in [0.05, 0.1) is 7.11 Å². The Hall–Kier alpha value is -1.88. The fraction of sp³-hybridized carbons (Fsp3) is 0.462. The second-order valence-electron chi connectivity index (χ2n) is 4.95. The molecule has 0 radical (unpaired) electrons. The first kappa shape index (κ1) is 19.2. The normalized spacial score (nSPS) is 15.5. The second-order valence-corrected chi connectivity index (χ2v) is 5.84. The van der Waals surface area contributed by atoms with Crippen LogP contribution >= 0.6 is 0 Å². The zero-order chi connectivity index (χ0) is 17.5. The average molecular weight is 346 g/mol. The summed E-state index contributed by atoms with van der Waals surface area (Å²) in [6.45, 7) is 4.47. The molecule has 0 aliphatic carbocycles. The molecule has 5 N–H and O–H groups in total. The summed E-state index contributed by atoms with van der Waals surface area (Å²) < 4.78 is 36.8. The number of ether oxygens (including phenoxy) is 1. The number of rotatable bonds is 3. The van der Waals surface area contributed by atoms with E-state index in [9.17, 15) is 0 Å². The van der Waals surface area contributed by atoms with E-state index in [4.69, 9.17) is 33.4 Å². The van der Waals surface area contributed by atoms with E-state index in [1.54, 1.807) is 7.11 Å². The number of methoxy groups -OCH3 is 1. The third-order valence-electron chi connectivity index (χ3n) is 3.25. The largest absolute Gasteiger partial charge is 0.497 e. The van der Waals surface area contributed by atoms with E-state index in [2.05, 4.69) is 17.0 Å². The Balaban J connectivity index is 0.000000463. The summed E-state index contributed by atoms with van der Waals surface area (Å²) in [4.78, 5) is 4.27. The minimum Gasteiger partial charge on any atom is -0.497 e. The van der Waals surface area contributed by atoms with Gasteiger partial charge in [-0.05, 0) is 17.7 Å². The molecule has 0 unspecified atom stereocenters. The Kier molecular flexibility index (Phi) is 7.23. The molecule has 1 saturated heterocycles. The van der Waals surface area contributed by atoms with Gasteiger partial charge in [-0.1, -0.05) is 12.1 Å². The van der Waals surface area contributed by atoms with Crippen molar-refractivity contribution in [3.63, 3.8) is 0 Å². The van der Waals surface area contributed by atoms with E-state index in [-0.39, 0.29) is 5.96 Å². The van der Waals surface area contributed by atoms with E-state index < -0.39 is 10.4 Å². The van der Waals surface area contributed by atoms with Crippen molar-refractivity contribution >= 4 is 16.4 Å². The molecule has 0 atom stereocenters. The molecule has 1 aliphatic heterocycles. The third kappa shape index (κ3) is 8.35. The first-order valence-corrected chi connectivity index (χ1v) is 8.23. The second kappa shape index (κ2) is 8.67. The highest BCUT2D eigenvalue weighted by Gasteiger charge is 2.17. The van der Waals surface area contributed by atoms with Gasteiger partial charge in [0.1, 0.15) is 5.75 Å². The van der Waals surface area contributed by atoms with Crippen LogP contribution in [0.3, 0.4) is 0 Å². The lowest BCUT2D eigenvalue weighted by atomic mass is 10.2. The summed E-state index contributed by atoms with van der Waals surface area (Å²) in [7, 11) is -2.98. The molecule has 1 aromatic rings. The van der Waals surface area contributed by atoms with Crippen molar-refractivity contribution in [2.45, 2.75) is 6.54 Å². The topological polar surface area (TPSA) is 140 Å². The van der Waals surface area contributed by atoms with Gasteiger partial charge in [-0.3, -0.25) is 19.4 Å². The minimum atomic E-state index is -4.67. The molecule has 1 aliphatic rings. The standard InChI is InChI=1S/C13H20N4O.H2O4S/c1-18-12-4-2-3-11(9-12)10-16-5-7-17(8-6-16)13(14)15;1-5(2,3)4/h2-4,9H,5-8,10H2,1H3,(H3,14,15);(H2,1,2,3,4). The molecule has 10 heteroatoms. The zero-order valence-electron chi connectivity index (χ0n) is 12.8. The van der Waals surface area contributed by atoms with E-state index in [0.717, 1.165) is 38.5 Å². The Bertz CT molecular complexity index is 607. The maximum atomic E-state index is 8.74. The average Bonchev–Trinajstić information content (AvgIpc) is 2.46. The molecule has 0 amide bonds. The Morgan fingerprint density at radius 1 is 1.30 bits per heavy atom. The highest BCUT2D eigenvalue weighted by molar-refractivity contribution is 7.79. The highest BCUT2D eigenvalue weighted by atomic mass is 32.3. The molecular formula is C13H22N4O5S. The summed E-state index contributed by atoms with van der Waals surface area (Å²) >= 11 is 0. The van der Waals surface area contributed by atoms with Crippen LogP contribution in [0.15, 0.2) is 24.3 Å². The van der Waals surface area contributed by atoms with E-state index in [1.165, 1.54) is 5.56 Å². The summed E-state index contributed by atoms with van der Waals surface area (Å²) in [5.41, 5.74) is 6.73. The van der Waals surface area contributed by atoms with Gasteiger partial charge < -0.3 is 15.4 Å². The Morgan fingerprint density at radius 3 is 2.35 bits per heavy atom. The van der Waals surface area contributed by atoms with Crippen molar-refractivity contribution in [2.24, 2.45) is 5.73 Å². The first-order chi connectivity index (χ1) is 10.7. The molecular weight excluding hydrogens is 324 g/mol. The molecule has 9 nitrogen and oxygen atoms in total. The maximum absolute atomic E-state index is 8.74. The van der Waals surface area contributed by atoms with Gasteiger partial charge in [0.25, 0.3) is 0 Å². The maximum Gasteiger partial charge on any atom is 0.394 e. The molecule has 0 aromatic heterocycles. The van der Waals surface area contributed by atoms with E-state index in [1.807, 2.05) is 17.0 Å². The van der Waals surface area contributed by atoms with Crippen molar-refractivity contribution in [1.82, 2.24) is 9.80 Å². The van der Waals surface area contributed by atoms with E-state index >= 15 is 0 Å². The fourth-order valence-electron chi connectivity index (χ4n) is 2.18. The monoisotopic (exact) mass is 346 g/mol. The number of nitrogens with two attached hydrogens (primary N) is 1. The SMILES string of the molecule is COc1cccc(CN2CCN(C(=N)N)CC2)c1.O=S(=O)(O)O. The van der Waals surface area contributed by atoms with Crippen LogP contribution in [-0.2, 0) is 16.9 Å². The van der Waals surface area contributed by atoms with Gasteiger partial charge in [-0.15, -0.1) is 0 Å². The van der Waals surface area contributed by atoms with Crippen LogP contribution in [0.2, 0.25) is 0 Å². The van der Waals surface area contributed by atoms with Crippen LogP contribution in [0.5, 0.6) is 5.75 Å². The van der Waals surface area contributed by atoms with Gasteiger partial charge in [0.2, 0.25) is 0 Å². The third-order valence-corrected chi connectivity index (χ3v) is 3.25. The number of benzene rings is 1. The molecule has 2 rings (SSSR count). The zero-order valence-corrected chi connectivity index (χ0v) is 13.7. The van der Waals surface area contributed by atoms with E-state index in [0.29, 0.717) is 0 Å². The number of hydrogen-bond acceptors (Lipinski definition) is 5. The quantitative estimate of drug-likeness (QED) is 0.342. The predicted octanol–water partition coefficient (Wildman–Crippen LogP) is 0.0535. The first-order valence-electron chi connectivity index (χ1n) is 6.83. The lowest BCUT2D eigenvalue weighted by molar-refractivity contribution is 0.174. The lowest BCUT2D eigenvalue weighted by Crippen LogP contribution is -2.50. The molecule has 0 saturated carbocycles. The van der Waals surface area contributed by atoms with Crippen molar-refractivity contribution in [3.8, 4) is 5.75 Å². The van der Waals surface area contributed by atoms with Crippen molar-refractivity contribution < 1.29 is 22.3 Å². The smallest absolute Gasteiger partial charge is 0.394 e. The number of piperazine rings is 1. The van der Waals surface area contributed by atoms with Crippen LogP contribution in [0.25, 0.3) is 0 Å². The Morgan fingerprint density at radius 2 is 1.87 bits per heavy atom. The number of nitrogens with one attached hydrogen (secondary N) is 1. The molecule has 1 aromatic carbocycles. The van der Waals surface area contributed by atoms with Gasteiger partial charge in [0.15, 0.2) is 5.96 Å². The summed E-state index contributed by atoms with van der Waals surface area (Å²) in [6.07, 6.45) is 0. The van der Waals surface area contributed by atoms with Crippen molar-refractivity contribution in [1.29, 1.82) is 5.41 Å². The van der Waals surface area contributed by atoms with Gasteiger partial charge >= 0.3 is 10.4 Å². The molecule has 0 bridgehead atoms. The van der Waals surface area contributed by atoms with Crippen molar-refractivity contribution in [2.75, 3.05) is 33.3 Å².